The average Bonchev–Trinajstić information content (AvgIpc) is 3.47. The van der Waals surface area contributed by atoms with Crippen LogP contribution in [-0.4, -0.2) is 94.5 Å². The molecular formula is C29H45N5O5S. The highest BCUT2D eigenvalue weighted by atomic mass is 32.1. The molecule has 11 heteroatoms. The van der Waals surface area contributed by atoms with E-state index < -0.39 is 23.6 Å². The second-order valence-corrected chi connectivity index (χ2v) is 13.5. The summed E-state index contributed by atoms with van der Waals surface area (Å²) in [6, 6.07) is 2.72. The number of hydrogen-bond donors (Lipinski definition) is 3. The van der Waals surface area contributed by atoms with Gasteiger partial charge in [0, 0.05) is 42.5 Å². The van der Waals surface area contributed by atoms with Gasteiger partial charge in [-0.3, -0.25) is 14.4 Å². The molecule has 4 rings (SSSR count). The molecule has 3 N–H and O–H groups in total. The fourth-order valence-electron chi connectivity index (χ4n) is 6.17. The van der Waals surface area contributed by atoms with Gasteiger partial charge in [-0.1, -0.05) is 46.1 Å². The van der Waals surface area contributed by atoms with Gasteiger partial charge >= 0.3 is 6.09 Å². The number of carbonyl (C=O) groups excluding carboxylic acids is 3. The van der Waals surface area contributed by atoms with E-state index in [1.165, 1.54) is 22.7 Å². The van der Waals surface area contributed by atoms with Gasteiger partial charge in [0.25, 0.3) is 0 Å². The number of nitrogens with zero attached hydrogens (tertiary/aromatic N) is 3. The summed E-state index contributed by atoms with van der Waals surface area (Å²) < 4.78 is 0. The van der Waals surface area contributed by atoms with Crippen LogP contribution in [0.3, 0.4) is 0 Å². The number of piperazine rings is 1. The number of thiophene rings is 1. The van der Waals surface area contributed by atoms with Crippen molar-refractivity contribution in [2.45, 2.75) is 90.4 Å². The smallest absolute Gasteiger partial charge is 0.407 e. The number of likely N-dealkylation sites (tertiary alicyclic amines) is 1. The zero-order chi connectivity index (χ0) is 28.9. The van der Waals surface area contributed by atoms with Gasteiger partial charge in [0.15, 0.2) is 0 Å². The van der Waals surface area contributed by atoms with E-state index >= 15 is 0 Å². The molecule has 1 aliphatic carbocycles. The fraction of sp³-hybridized carbons (Fsp3) is 0.724. The molecule has 0 radical (unpaired) electrons. The van der Waals surface area contributed by atoms with E-state index in [4.69, 9.17) is 0 Å². The number of hydrogen-bond acceptors (Lipinski definition) is 6. The van der Waals surface area contributed by atoms with Gasteiger partial charge in [0.1, 0.15) is 6.04 Å². The molecule has 3 fully saturated rings. The molecule has 1 saturated carbocycles. The molecule has 2 aliphatic heterocycles. The molecule has 4 amide bonds. The minimum absolute atomic E-state index is 0.0331. The summed E-state index contributed by atoms with van der Waals surface area (Å²) in [6.07, 6.45) is 5.82. The quantitative estimate of drug-likeness (QED) is 0.459. The molecule has 1 aromatic heterocycles. The third-order valence-corrected chi connectivity index (χ3v) is 9.36. The van der Waals surface area contributed by atoms with Crippen LogP contribution in [0, 0.1) is 11.3 Å². The first-order chi connectivity index (χ1) is 19.0. The third kappa shape index (κ3) is 7.54. The molecule has 3 heterocycles. The maximum Gasteiger partial charge on any atom is 0.407 e. The zero-order valence-corrected chi connectivity index (χ0v) is 24.9. The molecule has 10 nitrogen and oxygen atoms in total. The lowest BCUT2D eigenvalue weighted by molar-refractivity contribution is -0.147. The van der Waals surface area contributed by atoms with Crippen molar-refractivity contribution in [2.24, 2.45) is 11.3 Å². The van der Waals surface area contributed by atoms with E-state index in [0.29, 0.717) is 32.5 Å². The Kier molecular flexibility index (Phi) is 10.1. The summed E-state index contributed by atoms with van der Waals surface area (Å²) in [5, 5.41) is 18.2. The monoisotopic (exact) mass is 575 g/mol. The summed E-state index contributed by atoms with van der Waals surface area (Å²) in [7, 11) is 0. The topological polar surface area (TPSA) is 122 Å². The van der Waals surface area contributed by atoms with E-state index in [-0.39, 0.29) is 49.3 Å². The predicted molar refractivity (Wildman–Crippen MR) is 154 cm³/mol. The van der Waals surface area contributed by atoms with E-state index in [9.17, 15) is 24.3 Å². The van der Waals surface area contributed by atoms with Crippen molar-refractivity contribution in [1.82, 2.24) is 25.3 Å². The molecule has 2 atom stereocenters. The molecule has 40 heavy (non-hydrogen) atoms. The summed E-state index contributed by atoms with van der Waals surface area (Å²) in [5.41, 5.74) is -0.448. The van der Waals surface area contributed by atoms with Crippen molar-refractivity contribution in [2.75, 3.05) is 32.7 Å². The Morgan fingerprint density at radius 3 is 2.30 bits per heavy atom. The van der Waals surface area contributed by atoms with Crippen LogP contribution in [0.5, 0.6) is 0 Å². The van der Waals surface area contributed by atoms with Crippen LogP contribution in [0.2, 0.25) is 0 Å². The van der Waals surface area contributed by atoms with E-state index in [0.717, 1.165) is 30.6 Å². The number of nitrogens with one attached hydrogen (secondary N) is 2. The van der Waals surface area contributed by atoms with Crippen LogP contribution < -0.4 is 10.6 Å². The van der Waals surface area contributed by atoms with Crippen LogP contribution in [0.4, 0.5) is 4.79 Å². The highest BCUT2D eigenvalue weighted by molar-refractivity contribution is 7.09. The van der Waals surface area contributed by atoms with E-state index in [1.54, 1.807) is 4.90 Å². The molecule has 222 valence electrons. The lowest BCUT2D eigenvalue weighted by Gasteiger charge is -2.44. The van der Waals surface area contributed by atoms with Crippen LogP contribution in [-0.2, 0) is 20.9 Å². The number of piperidine rings is 1. The van der Waals surface area contributed by atoms with E-state index in [2.05, 4.69) is 10.6 Å². The normalized spacial score (nSPS) is 22.2. The van der Waals surface area contributed by atoms with E-state index in [1.807, 2.05) is 43.2 Å². The lowest BCUT2D eigenvalue weighted by Crippen LogP contribution is -2.65. The Labute approximate surface area is 241 Å². The molecule has 2 saturated heterocycles. The Hall–Kier alpha value is -2.66. The van der Waals surface area contributed by atoms with Crippen LogP contribution in [0.15, 0.2) is 17.5 Å². The third-order valence-electron chi connectivity index (χ3n) is 8.48. The molecule has 1 aromatic rings. The highest BCUT2D eigenvalue weighted by Crippen LogP contribution is 2.29. The summed E-state index contributed by atoms with van der Waals surface area (Å²) in [4.78, 5) is 58.1. The maximum atomic E-state index is 14.3. The molecule has 1 unspecified atom stereocenters. The van der Waals surface area contributed by atoms with Gasteiger partial charge in [-0.2, -0.15) is 0 Å². The van der Waals surface area contributed by atoms with Gasteiger partial charge < -0.3 is 30.4 Å². The summed E-state index contributed by atoms with van der Waals surface area (Å²) >= 11 is 1.53. The first-order valence-corrected chi connectivity index (χ1v) is 15.6. The van der Waals surface area contributed by atoms with Gasteiger partial charge in [-0.25, -0.2) is 4.79 Å². The van der Waals surface area contributed by atoms with Crippen molar-refractivity contribution in [3.63, 3.8) is 0 Å². The van der Waals surface area contributed by atoms with Gasteiger partial charge in [-0.05, 0) is 43.0 Å². The van der Waals surface area contributed by atoms with Crippen molar-refractivity contribution >= 4 is 35.2 Å². The van der Waals surface area contributed by atoms with Crippen molar-refractivity contribution in [1.29, 1.82) is 0 Å². The molecule has 0 aromatic carbocycles. The minimum atomic E-state index is -1.09. The Bertz CT molecular complexity index is 1030. The maximum absolute atomic E-state index is 14.3. The standard InChI is InChI=1S/C29H45N5O5S/c1-29(2,3)27(37)32-13-11-20(12-14-32)24(31-21-8-5-4-6-9-21)26(36)34-16-15-33(28(38)39)19-23(34)25(35)30-18-22-10-7-17-40-22/h7,10,17,20-21,23-24,31H,4-6,8-9,11-16,18-19H2,1-3H3,(H,30,35)(H,38,39)/t23-,24?/m0/s1. The second-order valence-electron chi connectivity index (χ2n) is 12.4. The summed E-state index contributed by atoms with van der Waals surface area (Å²) in [5.74, 6) is -0.311. The first kappa shape index (κ1) is 30.3. The highest BCUT2D eigenvalue weighted by Gasteiger charge is 2.43. The van der Waals surface area contributed by atoms with Crippen molar-refractivity contribution in [3.8, 4) is 0 Å². The van der Waals surface area contributed by atoms with Crippen molar-refractivity contribution in [3.05, 3.63) is 22.4 Å². The lowest BCUT2D eigenvalue weighted by atomic mass is 9.85. The predicted octanol–water partition coefficient (Wildman–Crippen LogP) is 3.13. The number of carbonyl (C=O) groups is 4. The average molecular weight is 576 g/mol. The number of rotatable bonds is 7. The molecule has 3 aliphatic rings. The molecule has 0 bridgehead atoms. The number of amides is 4. The summed E-state index contributed by atoms with van der Waals surface area (Å²) in [6.45, 7) is 7.63. The minimum Gasteiger partial charge on any atom is -0.465 e. The zero-order valence-electron chi connectivity index (χ0n) is 24.1. The van der Waals surface area contributed by atoms with Crippen LogP contribution >= 0.6 is 11.3 Å². The van der Waals surface area contributed by atoms with Gasteiger partial charge in [0.05, 0.1) is 19.1 Å². The van der Waals surface area contributed by atoms with Gasteiger partial charge in [-0.15, -0.1) is 11.3 Å². The largest absolute Gasteiger partial charge is 0.465 e. The Balaban J connectivity index is 1.51. The Morgan fingerprint density at radius 2 is 1.70 bits per heavy atom. The molecular weight excluding hydrogens is 530 g/mol. The SMILES string of the molecule is CC(C)(C)C(=O)N1CCC(C(NC2CCCCC2)C(=O)N2CCN(C(=O)O)C[C@H]2C(=O)NCc2cccs2)CC1. The van der Waals surface area contributed by atoms with Crippen LogP contribution in [0.1, 0.15) is 70.6 Å². The van der Waals surface area contributed by atoms with Gasteiger partial charge in [0.2, 0.25) is 17.7 Å². The van der Waals surface area contributed by atoms with Crippen LogP contribution in [0.25, 0.3) is 0 Å². The fourth-order valence-corrected chi connectivity index (χ4v) is 6.82. The Morgan fingerprint density at radius 1 is 1.00 bits per heavy atom. The van der Waals surface area contributed by atoms with Crippen molar-refractivity contribution < 1.29 is 24.3 Å². The molecule has 0 spiro atoms. The second kappa shape index (κ2) is 13.3. The first-order valence-electron chi connectivity index (χ1n) is 14.7. The number of carboxylic acid groups (broad SMARTS) is 1.